The summed E-state index contributed by atoms with van der Waals surface area (Å²) in [4.78, 5) is 0. The van der Waals surface area contributed by atoms with Crippen LogP contribution in [-0.2, 0) is 0 Å². The number of rotatable bonds is 1. The van der Waals surface area contributed by atoms with Gasteiger partial charge < -0.3 is 0 Å². The largest absolute Gasteiger partial charge is 0.0929 e. The first-order valence-electron chi connectivity index (χ1n) is 5.57. The Morgan fingerprint density at radius 3 is 1.82 bits per heavy atom. The van der Waals surface area contributed by atoms with Crippen molar-refractivity contribution < 1.29 is 0 Å². The van der Waals surface area contributed by atoms with Crippen LogP contribution in [0.4, 0.5) is 0 Å². The monoisotopic (exact) mass is 238 g/mol. The average Bonchev–Trinajstić information content (AvgIpc) is 2.39. The van der Waals surface area contributed by atoms with Crippen LogP contribution >= 0.6 is 11.6 Å². The Morgan fingerprint density at radius 2 is 1.29 bits per heavy atom. The summed E-state index contributed by atoms with van der Waals surface area (Å²) in [5.74, 6) is 0. The van der Waals surface area contributed by atoms with Crippen LogP contribution < -0.4 is 0 Å². The smallest absolute Gasteiger partial charge is 0.00488 e. The van der Waals surface area contributed by atoms with Gasteiger partial charge in [-0.2, -0.15) is 0 Å². The molecule has 0 atom stereocenters. The molecule has 0 saturated carbocycles. The highest BCUT2D eigenvalue weighted by atomic mass is 35.5. The molecule has 0 nitrogen and oxygen atoms in total. The fourth-order valence-electron chi connectivity index (χ4n) is 2.29. The molecule has 3 aromatic carbocycles. The molecule has 0 N–H and O–H groups in total. The lowest BCUT2D eigenvalue weighted by atomic mass is 9.97. The molecule has 0 fully saturated rings. The molecule has 0 radical (unpaired) electrons. The van der Waals surface area contributed by atoms with E-state index in [9.17, 15) is 0 Å². The Morgan fingerprint density at radius 1 is 0.765 bits per heavy atom. The quantitative estimate of drug-likeness (QED) is 0.511. The lowest BCUT2D eigenvalue weighted by molar-refractivity contribution is 1.74. The van der Waals surface area contributed by atoms with Gasteiger partial charge >= 0.3 is 0 Å². The Bertz CT molecular complexity index is 657. The molecule has 0 aliphatic heterocycles. The number of halogens is 1. The Hall–Kier alpha value is -1.79. The highest BCUT2D eigenvalue weighted by molar-refractivity contribution is 6.27. The van der Waals surface area contributed by atoms with Gasteiger partial charge in [-0.3, -0.25) is 0 Å². The van der Waals surface area contributed by atoms with E-state index in [1.54, 1.807) is 5.54 Å². The molecule has 3 aromatic rings. The normalized spacial score (nSPS) is 11.6. The van der Waals surface area contributed by atoms with Crippen molar-refractivity contribution in [3.05, 3.63) is 65.7 Å². The van der Waals surface area contributed by atoms with Gasteiger partial charge in [0.25, 0.3) is 0 Å². The molecule has 0 unspecified atom stereocenters. The average molecular weight is 239 g/mol. The second-order valence-corrected chi connectivity index (χ2v) is 4.28. The van der Waals surface area contributed by atoms with E-state index in [2.05, 4.69) is 54.6 Å². The zero-order chi connectivity index (χ0) is 11.7. The van der Waals surface area contributed by atoms with Gasteiger partial charge in [-0.1, -0.05) is 60.1 Å². The summed E-state index contributed by atoms with van der Waals surface area (Å²) in [6.45, 7) is 0. The van der Waals surface area contributed by atoms with Gasteiger partial charge in [-0.25, -0.2) is 0 Å². The molecule has 17 heavy (non-hydrogen) atoms. The first kappa shape index (κ1) is 10.4. The lowest BCUT2D eigenvalue weighted by Gasteiger charge is -2.07. The van der Waals surface area contributed by atoms with E-state index in [-0.39, 0.29) is 0 Å². The third-order valence-corrected chi connectivity index (χ3v) is 3.17. The summed E-state index contributed by atoms with van der Waals surface area (Å²) in [5, 5.41) is 4.97. The second kappa shape index (κ2) is 4.23. The molecule has 82 valence electrons. The fourth-order valence-corrected chi connectivity index (χ4v) is 2.42. The van der Waals surface area contributed by atoms with Crippen LogP contribution in [0.25, 0.3) is 27.6 Å². The lowest BCUT2D eigenvalue weighted by Crippen LogP contribution is -1.82. The number of fused-ring (bicyclic) bond motifs is 2. The van der Waals surface area contributed by atoms with Crippen molar-refractivity contribution in [3.63, 3.8) is 0 Å². The summed E-state index contributed by atoms with van der Waals surface area (Å²) in [7, 11) is 0. The van der Waals surface area contributed by atoms with E-state index in [0.717, 1.165) is 0 Å². The fraction of sp³-hybridized carbons (Fsp3) is 0. The van der Waals surface area contributed by atoms with Gasteiger partial charge in [-0.05, 0) is 39.3 Å². The van der Waals surface area contributed by atoms with Crippen LogP contribution in [0.1, 0.15) is 5.56 Å². The minimum absolute atomic E-state index is 1.19. The molecule has 0 bridgehead atoms. The SMILES string of the molecule is Cl/C=C/c1c2ccccc2cc2ccccc12. The maximum Gasteiger partial charge on any atom is 0.00488 e. The number of hydrogen-bond donors (Lipinski definition) is 0. The molecule has 1 heteroatoms. The van der Waals surface area contributed by atoms with Crippen LogP contribution in [-0.4, -0.2) is 0 Å². The third kappa shape index (κ3) is 1.71. The Kier molecular flexibility index (Phi) is 2.58. The summed E-state index contributed by atoms with van der Waals surface area (Å²) in [6.07, 6.45) is 1.96. The van der Waals surface area contributed by atoms with Crippen LogP contribution in [0.15, 0.2) is 60.1 Å². The van der Waals surface area contributed by atoms with Gasteiger partial charge in [-0.15, -0.1) is 0 Å². The minimum Gasteiger partial charge on any atom is -0.0929 e. The van der Waals surface area contributed by atoms with E-state index < -0.39 is 0 Å². The molecule has 0 aromatic heterocycles. The van der Waals surface area contributed by atoms with Crippen molar-refractivity contribution in [1.82, 2.24) is 0 Å². The molecule has 0 heterocycles. The van der Waals surface area contributed by atoms with Crippen molar-refractivity contribution in [2.75, 3.05) is 0 Å². The highest BCUT2D eigenvalue weighted by Crippen LogP contribution is 2.29. The molecule has 0 aliphatic rings. The van der Waals surface area contributed by atoms with Crippen molar-refractivity contribution in [2.24, 2.45) is 0 Å². The van der Waals surface area contributed by atoms with Crippen molar-refractivity contribution in [2.45, 2.75) is 0 Å². The topological polar surface area (TPSA) is 0 Å². The summed E-state index contributed by atoms with van der Waals surface area (Å²) < 4.78 is 0. The maximum absolute atomic E-state index is 5.76. The predicted molar refractivity (Wildman–Crippen MR) is 76.3 cm³/mol. The van der Waals surface area contributed by atoms with E-state index in [0.29, 0.717) is 0 Å². The van der Waals surface area contributed by atoms with Gasteiger partial charge in [0.05, 0.1) is 0 Å². The number of benzene rings is 3. The summed E-state index contributed by atoms with van der Waals surface area (Å²) in [6, 6.07) is 19.0. The van der Waals surface area contributed by atoms with Crippen LogP contribution in [0.2, 0.25) is 0 Å². The van der Waals surface area contributed by atoms with Crippen LogP contribution in [0.5, 0.6) is 0 Å². The number of hydrogen-bond acceptors (Lipinski definition) is 0. The van der Waals surface area contributed by atoms with Crippen LogP contribution in [0.3, 0.4) is 0 Å². The molecule has 0 spiro atoms. The van der Waals surface area contributed by atoms with E-state index in [4.69, 9.17) is 11.6 Å². The standard InChI is InChI=1S/C16H11Cl/c17-10-9-16-14-7-3-1-5-12(14)11-13-6-2-4-8-15(13)16/h1-11H/b10-9+. The zero-order valence-corrected chi connectivity index (χ0v) is 9.98. The van der Waals surface area contributed by atoms with E-state index >= 15 is 0 Å². The van der Waals surface area contributed by atoms with Crippen LogP contribution in [0, 0.1) is 0 Å². The molecule has 0 saturated heterocycles. The van der Waals surface area contributed by atoms with Crippen molar-refractivity contribution in [3.8, 4) is 0 Å². The molecular weight excluding hydrogens is 228 g/mol. The Balaban J connectivity index is 2.56. The molecular formula is C16H11Cl. The first-order chi connectivity index (χ1) is 8.40. The van der Waals surface area contributed by atoms with E-state index in [1.165, 1.54) is 27.1 Å². The molecule has 3 rings (SSSR count). The van der Waals surface area contributed by atoms with E-state index in [1.807, 2.05) is 6.08 Å². The molecule has 0 aliphatic carbocycles. The maximum atomic E-state index is 5.76. The minimum atomic E-state index is 1.19. The Labute approximate surface area is 105 Å². The predicted octanol–water partition coefficient (Wildman–Crippen LogP) is 5.20. The molecule has 0 amide bonds. The van der Waals surface area contributed by atoms with Crippen molar-refractivity contribution in [1.29, 1.82) is 0 Å². The highest BCUT2D eigenvalue weighted by Gasteiger charge is 2.03. The van der Waals surface area contributed by atoms with Gasteiger partial charge in [0.1, 0.15) is 0 Å². The summed E-state index contributed by atoms with van der Waals surface area (Å²) in [5.41, 5.74) is 2.77. The zero-order valence-electron chi connectivity index (χ0n) is 9.23. The van der Waals surface area contributed by atoms with Gasteiger partial charge in [0.2, 0.25) is 0 Å². The van der Waals surface area contributed by atoms with Crippen molar-refractivity contribution >= 4 is 39.2 Å². The second-order valence-electron chi connectivity index (χ2n) is 4.03. The summed E-state index contributed by atoms with van der Waals surface area (Å²) >= 11 is 5.76. The van der Waals surface area contributed by atoms with Gasteiger partial charge in [0, 0.05) is 5.54 Å². The first-order valence-corrected chi connectivity index (χ1v) is 6.01. The van der Waals surface area contributed by atoms with Gasteiger partial charge in [0.15, 0.2) is 0 Å². The third-order valence-electron chi connectivity index (χ3n) is 3.04.